The Labute approximate surface area is 190 Å². The summed E-state index contributed by atoms with van der Waals surface area (Å²) in [7, 11) is 0. The van der Waals surface area contributed by atoms with Crippen LogP contribution in [0.5, 0.6) is 0 Å². The average Bonchev–Trinajstić information content (AvgIpc) is 2.77. The molecule has 2 N–H and O–H groups in total. The van der Waals surface area contributed by atoms with E-state index in [2.05, 4.69) is 16.6 Å². The van der Waals surface area contributed by atoms with Gasteiger partial charge in [-0.25, -0.2) is 0 Å². The highest BCUT2D eigenvalue weighted by Crippen LogP contribution is 2.20. The topological polar surface area (TPSA) is 114 Å². The lowest BCUT2D eigenvalue weighted by molar-refractivity contribution is -0.148. The Kier molecular flexibility index (Phi) is 15.2. The van der Waals surface area contributed by atoms with Crippen molar-refractivity contribution >= 4 is 24.1 Å². The molecule has 0 aromatic carbocycles. The Morgan fingerprint density at radius 3 is 2.44 bits per heavy atom. The number of nitrogens with zero attached hydrogens (tertiary/aromatic N) is 1. The van der Waals surface area contributed by atoms with E-state index in [0.717, 1.165) is 4.90 Å². The minimum Gasteiger partial charge on any atom is -0.382 e. The van der Waals surface area contributed by atoms with Crippen LogP contribution in [0.4, 0.5) is 0 Å². The fourth-order valence-corrected chi connectivity index (χ4v) is 2.88. The molecule has 1 unspecified atom stereocenters. The normalized spacial score (nSPS) is 15.5. The first-order valence-electron chi connectivity index (χ1n) is 10.7. The number of hydrogen-bond donors (Lipinski definition) is 2. The van der Waals surface area contributed by atoms with Crippen LogP contribution >= 0.6 is 0 Å². The fraction of sp³-hybridized carbons (Fsp3) is 0.565. The molecule has 0 bridgehead atoms. The molecular weight excluding hydrogens is 414 g/mol. The van der Waals surface area contributed by atoms with Crippen molar-refractivity contribution < 1.29 is 28.7 Å². The van der Waals surface area contributed by atoms with Gasteiger partial charge >= 0.3 is 0 Å². The molecule has 4 amide bonds. The van der Waals surface area contributed by atoms with Crippen molar-refractivity contribution in [2.45, 2.75) is 53.5 Å². The lowest BCUT2D eigenvalue weighted by Gasteiger charge is -2.30. The molecular formula is C23H35N3O6. The highest BCUT2D eigenvalue weighted by Gasteiger charge is 2.36. The molecule has 1 aliphatic heterocycles. The Balaban J connectivity index is 0.00000466. The second-order valence-corrected chi connectivity index (χ2v) is 6.66. The number of carbonyl (C=O) groups is 4. The van der Waals surface area contributed by atoms with Crippen LogP contribution in [0.2, 0.25) is 0 Å². The third-order valence-electron chi connectivity index (χ3n) is 4.29. The van der Waals surface area contributed by atoms with Gasteiger partial charge in [-0.1, -0.05) is 31.4 Å². The molecule has 178 valence electrons. The first kappa shape index (κ1) is 29.0. The Bertz CT molecular complexity index is 747. The summed E-state index contributed by atoms with van der Waals surface area (Å²) in [5, 5.41) is 5.28. The molecule has 0 saturated carbocycles. The van der Waals surface area contributed by atoms with Gasteiger partial charge in [0.05, 0.1) is 25.4 Å². The molecule has 0 radical (unpaired) electrons. The second kappa shape index (κ2) is 16.7. The minimum absolute atomic E-state index is 0.0648. The van der Waals surface area contributed by atoms with Crippen molar-refractivity contribution in [1.29, 1.82) is 0 Å². The predicted octanol–water partition coefficient (Wildman–Crippen LogP) is 1.30. The Hall–Kier alpha value is -2.96. The number of terminal acetylenes is 1. The van der Waals surface area contributed by atoms with Crippen LogP contribution < -0.4 is 10.6 Å². The van der Waals surface area contributed by atoms with Crippen LogP contribution in [0.15, 0.2) is 22.9 Å². The van der Waals surface area contributed by atoms with E-state index >= 15 is 0 Å². The van der Waals surface area contributed by atoms with E-state index in [1.54, 1.807) is 26.8 Å². The zero-order valence-corrected chi connectivity index (χ0v) is 19.7. The van der Waals surface area contributed by atoms with E-state index in [9.17, 15) is 19.2 Å². The summed E-state index contributed by atoms with van der Waals surface area (Å²) in [6.45, 7) is 11.0. The van der Waals surface area contributed by atoms with Crippen molar-refractivity contribution in [1.82, 2.24) is 15.5 Å². The lowest BCUT2D eigenvalue weighted by Crippen LogP contribution is -2.54. The summed E-state index contributed by atoms with van der Waals surface area (Å²) in [6, 6.07) is -1.02. The molecule has 1 rings (SSSR count). The molecule has 0 spiro atoms. The number of piperidine rings is 1. The SMILES string of the molecule is C#CCOCCOCCN/C(=C/C)C(C(=O)N(C=O)C1CCC(=O)NC1=O)=C(C)C.CC. The summed E-state index contributed by atoms with van der Waals surface area (Å²) in [5.41, 5.74) is 1.47. The smallest absolute Gasteiger partial charge is 0.263 e. The van der Waals surface area contributed by atoms with Gasteiger partial charge in [-0.15, -0.1) is 6.42 Å². The molecule has 1 saturated heterocycles. The van der Waals surface area contributed by atoms with Crippen molar-refractivity contribution in [2.24, 2.45) is 0 Å². The number of imide groups is 2. The number of carbonyl (C=O) groups excluding carboxylic acids is 4. The summed E-state index contributed by atoms with van der Waals surface area (Å²) >= 11 is 0. The number of allylic oxidation sites excluding steroid dienone is 2. The molecule has 9 nitrogen and oxygen atoms in total. The zero-order chi connectivity index (χ0) is 24.5. The maximum atomic E-state index is 13.1. The van der Waals surface area contributed by atoms with Gasteiger partial charge in [0.25, 0.3) is 5.91 Å². The molecule has 1 aliphatic rings. The van der Waals surface area contributed by atoms with Gasteiger partial charge in [-0.05, 0) is 27.2 Å². The number of amides is 4. The van der Waals surface area contributed by atoms with Crippen molar-refractivity contribution in [3.8, 4) is 12.3 Å². The highest BCUT2D eigenvalue weighted by atomic mass is 16.5. The van der Waals surface area contributed by atoms with Crippen LogP contribution in [-0.4, -0.2) is 68.0 Å². The standard InChI is InChI=1S/C21H29N3O6.C2H6/c1-5-10-29-12-13-30-11-9-22-16(6-2)19(15(3)4)21(28)24(14-25)17-7-8-18(26)23-20(17)27;1-2/h1,6,14,17,22H,7-13H2,2-4H3,(H,23,26,27);1-2H3/b16-6+;. The van der Waals surface area contributed by atoms with Crippen molar-refractivity contribution in [2.75, 3.05) is 33.0 Å². The molecule has 0 aromatic rings. The molecule has 32 heavy (non-hydrogen) atoms. The van der Waals surface area contributed by atoms with Crippen LogP contribution in [-0.2, 0) is 28.7 Å². The predicted molar refractivity (Wildman–Crippen MR) is 121 cm³/mol. The molecule has 1 heterocycles. The fourth-order valence-electron chi connectivity index (χ4n) is 2.88. The largest absolute Gasteiger partial charge is 0.382 e. The molecule has 0 aliphatic carbocycles. The van der Waals surface area contributed by atoms with Gasteiger partial charge in [0, 0.05) is 18.7 Å². The van der Waals surface area contributed by atoms with Gasteiger partial charge in [0.2, 0.25) is 18.2 Å². The van der Waals surface area contributed by atoms with Gasteiger partial charge in [0.1, 0.15) is 12.6 Å². The Morgan fingerprint density at radius 1 is 1.25 bits per heavy atom. The van der Waals surface area contributed by atoms with Crippen LogP contribution in [0.1, 0.15) is 47.5 Å². The van der Waals surface area contributed by atoms with Crippen molar-refractivity contribution in [3.63, 3.8) is 0 Å². The average molecular weight is 450 g/mol. The van der Waals surface area contributed by atoms with Crippen molar-refractivity contribution in [3.05, 3.63) is 22.9 Å². The lowest BCUT2D eigenvalue weighted by atomic mass is 10.0. The first-order valence-corrected chi connectivity index (χ1v) is 10.7. The van der Waals surface area contributed by atoms with E-state index in [-0.39, 0.29) is 25.0 Å². The summed E-state index contributed by atoms with van der Waals surface area (Å²) in [5.74, 6) is 0.679. The quantitative estimate of drug-likeness (QED) is 0.115. The van der Waals surface area contributed by atoms with E-state index in [4.69, 9.17) is 15.9 Å². The first-order chi connectivity index (χ1) is 15.4. The number of ether oxygens (including phenoxy) is 2. The van der Waals surface area contributed by atoms with E-state index in [1.165, 1.54) is 0 Å². The zero-order valence-electron chi connectivity index (χ0n) is 19.7. The third-order valence-corrected chi connectivity index (χ3v) is 4.29. The van der Waals surface area contributed by atoms with Gasteiger partial charge in [-0.3, -0.25) is 29.4 Å². The van der Waals surface area contributed by atoms with Gasteiger partial charge in [0.15, 0.2) is 0 Å². The molecule has 1 fully saturated rings. The Morgan fingerprint density at radius 2 is 1.91 bits per heavy atom. The maximum absolute atomic E-state index is 13.1. The summed E-state index contributed by atoms with van der Waals surface area (Å²) < 4.78 is 10.5. The minimum atomic E-state index is -1.02. The molecule has 0 aromatic heterocycles. The van der Waals surface area contributed by atoms with E-state index in [1.807, 2.05) is 13.8 Å². The number of rotatable bonds is 12. The molecule has 1 atom stereocenters. The number of hydrogen-bond acceptors (Lipinski definition) is 7. The third kappa shape index (κ3) is 9.45. The molecule has 9 heteroatoms. The van der Waals surface area contributed by atoms with Crippen LogP contribution in [0.3, 0.4) is 0 Å². The van der Waals surface area contributed by atoms with Gasteiger partial charge in [-0.2, -0.15) is 0 Å². The van der Waals surface area contributed by atoms with E-state index < -0.39 is 23.8 Å². The highest BCUT2D eigenvalue weighted by molar-refractivity contribution is 6.08. The second-order valence-electron chi connectivity index (χ2n) is 6.66. The number of nitrogens with one attached hydrogen (secondary N) is 2. The van der Waals surface area contributed by atoms with Crippen LogP contribution in [0.25, 0.3) is 0 Å². The monoisotopic (exact) mass is 449 g/mol. The maximum Gasteiger partial charge on any atom is 0.263 e. The van der Waals surface area contributed by atoms with Gasteiger partial charge < -0.3 is 14.8 Å². The van der Waals surface area contributed by atoms with Crippen LogP contribution in [0, 0.1) is 12.3 Å². The summed E-state index contributed by atoms with van der Waals surface area (Å²) in [6.07, 6.45) is 7.29. The summed E-state index contributed by atoms with van der Waals surface area (Å²) in [4.78, 5) is 49.1. The van der Waals surface area contributed by atoms with E-state index in [0.29, 0.717) is 44.0 Å².